The molecule has 1 aromatic heterocycles. The minimum Gasteiger partial charge on any atom is -0.396 e. The molecule has 8 nitrogen and oxygen atoms in total. The molecule has 2 aromatic rings. The third kappa shape index (κ3) is 5.38. The molecule has 0 spiro atoms. The number of aromatic nitrogens is 2. The summed E-state index contributed by atoms with van der Waals surface area (Å²) in [6, 6.07) is 7.07. The molecule has 1 saturated heterocycles. The lowest BCUT2D eigenvalue weighted by molar-refractivity contribution is -0.141. The number of ether oxygens (including phenoxy) is 1. The molecule has 2 amide bonds. The largest absolute Gasteiger partial charge is 0.396 e. The van der Waals surface area contributed by atoms with Gasteiger partial charge in [-0.3, -0.25) is 9.59 Å². The van der Waals surface area contributed by atoms with Gasteiger partial charge in [0.15, 0.2) is 0 Å². The van der Waals surface area contributed by atoms with Crippen molar-refractivity contribution in [1.29, 1.82) is 0 Å². The smallest absolute Gasteiger partial charge is 0.242 e. The van der Waals surface area contributed by atoms with E-state index in [1.807, 2.05) is 24.3 Å². The van der Waals surface area contributed by atoms with Crippen LogP contribution in [-0.2, 0) is 27.3 Å². The maximum atomic E-state index is 12.6. The zero-order valence-corrected chi connectivity index (χ0v) is 15.1. The highest BCUT2D eigenvalue weighted by Gasteiger charge is 2.29. The van der Waals surface area contributed by atoms with E-state index < -0.39 is 0 Å². The van der Waals surface area contributed by atoms with E-state index in [1.165, 1.54) is 0 Å². The Balaban J connectivity index is 1.56. The van der Waals surface area contributed by atoms with Gasteiger partial charge in [0, 0.05) is 37.7 Å². The Kier molecular flexibility index (Phi) is 6.56. The number of carbonyl (C=O) groups is 2. The van der Waals surface area contributed by atoms with Crippen molar-refractivity contribution in [3.8, 4) is 0 Å². The van der Waals surface area contributed by atoms with Crippen molar-refractivity contribution in [3.05, 3.63) is 48.5 Å². The molecule has 27 heavy (non-hydrogen) atoms. The lowest BCUT2D eigenvalue weighted by Gasteiger charge is -2.35. The van der Waals surface area contributed by atoms with Crippen molar-refractivity contribution in [2.75, 3.05) is 31.7 Å². The van der Waals surface area contributed by atoms with Crippen LogP contribution in [-0.4, -0.2) is 63.8 Å². The van der Waals surface area contributed by atoms with Gasteiger partial charge in [0.1, 0.15) is 6.54 Å². The van der Waals surface area contributed by atoms with Crippen molar-refractivity contribution in [2.45, 2.75) is 25.4 Å². The van der Waals surface area contributed by atoms with Crippen molar-refractivity contribution in [3.63, 3.8) is 0 Å². The summed E-state index contributed by atoms with van der Waals surface area (Å²) in [6.07, 6.45) is 5.72. The number of nitrogens with one attached hydrogen (secondary N) is 1. The number of amides is 2. The van der Waals surface area contributed by atoms with E-state index in [0.717, 1.165) is 5.56 Å². The predicted molar refractivity (Wildman–Crippen MR) is 99.0 cm³/mol. The second-order valence-corrected chi connectivity index (χ2v) is 6.47. The van der Waals surface area contributed by atoms with E-state index in [-0.39, 0.29) is 37.4 Å². The summed E-state index contributed by atoms with van der Waals surface area (Å²) < 4.78 is 7.19. The van der Waals surface area contributed by atoms with Gasteiger partial charge in [0.25, 0.3) is 0 Å². The SMILES string of the molecule is O=C(CC1COCCN1C(=O)Cn1ccnc1)Nc1ccc(CCO)cc1. The standard InChI is InChI=1S/C19H24N4O4/c24-9-5-15-1-3-16(4-2-15)21-18(25)11-17-13-27-10-8-23(17)19(26)12-22-7-6-20-14-22/h1-4,6-7,14,17,24H,5,8-13H2,(H,21,25). The molecule has 144 valence electrons. The van der Waals surface area contributed by atoms with E-state index >= 15 is 0 Å². The van der Waals surface area contributed by atoms with Crippen LogP contribution in [0.1, 0.15) is 12.0 Å². The van der Waals surface area contributed by atoms with Crippen molar-refractivity contribution < 1.29 is 19.4 Å². The summed E-state index contributed by atoms with van der Waals surface area (Å²) in [5.41, 5.74) is 1.70. The van der Waals surface area contributed by atoms with Gasteiger partial charge >= 0.3 is 0 Å². The molecule has 0 saturated carbocycles. The Morgan fingerprint density at radius 3 is 2.81 bits per heavy atom. The Bertz CT molecular complexity index is 746. The van der Waals surface area contributed by atoms with E-state index in [1.54, 1.807) is 28.2 Å². The quantitative estimate of drug-likeness (QED) is 0.745. The number of hydrogen-bond donors (Lipinski definition) is 2. The number of carbonyl (C=O) groups excluding carboxylic acids is 2. The number of imidazole rings is 1. The van der Waals surface area contributed by atoms with Crippen LogP contribution in [0.3, 0.4) is 0 Å². The Morgan fingerprint density at radius 2 is 2.11 bits per heavy atom. The summed E-state index contributed by atoms with van der Waals surface area (Å²) in [5, 5.41) is 11.8. The second kappa shape index (κ2) is 9.29. The number of benzene rings is 1. The zero-order valence-electron chi connectivity index (χ0n) is 15.1. The third-order valence-corrected chi connectivity index (χ3v) is 4.48. The number of aliphatic hydroxyl groups excluding tert-OH is 1. The summed E-state index contributed by atoms with van der Waals surface area (Å²) in [5.74, 6) is -0.219. The number of aliphatic hydroxyl groups is 1. The van der Waals surface area contributed by atoms with Crippen LogP contribution in [0.5, 0.6) is 0 Å². The van der Waals surface area contributed by atoms with Crippen LogP contribution in [0.25, 0.3) is 0 Å². The van der Waals surface area contributed by atoms with E-state index in [9.17, 15) is 9.59 Å². The summed E-state index contributed by atoms with van der Waals surface area (Å²) >= 11 is 0. The van der Waals surface area contributed by atoms with Crippen LogP contribution in [0.4, 0.5) is 5.69 Å². The van der Waals surface area contributed by atoms with Crippen LogP contribution >= 0.6 is 0 Å². The summed E-state index contributed by atoms with van der Waals surface area (Å²) in [4.78, 5) is 30.7. The lowest BCUT2D eigenvalue weighted by Crippen LogP contribution is -2.50. The molecule has 3 rings (SSSR count). The van der Waals surface area contributed by atoms with Crippen molar-refractivity contribution >= 4 is 17.5 Å². The molecule has 0 radical (unpaired) electrons. The average molecular weight is 372 g/mol. The van der Waals surface area contributed by atoms with Crippen LogP contribution in [0.2, 0.25) is 0 Å². The molecular weight excluding hydrogens is 348 g/mol. The number of nitrogens with zero attached hydrogens (tertiary/aromatic N) is 3. The topological polar surface area (TPSA) is 96.7 Å². The van der Waals surface area contributed by atoms with Crippen molar-refractivity contribution in [1.82, 2.24) is 14.5 Å². The monoisotopic (exact) mass is 372 g/mol. The molecule has 8 heteroatoms. The molecular formula is C19H24N4O4. The van der Waals surface area contributed by atoms with Gasteiger partial charge in [-0.25, -0.2) is 4.98 Å². The highest BCUT2D eigenvalue weighted by atomic mass is 16.5. The van der Waals surface area contributed by atoms with Crippen molar-refractivity contribution in [2.24, 2.45) is 0 Å². The Morgan fingerprint density at radius 1 is 1.30 bits per heavy atom. The number of hydrogen-bond acceptors (Lipinski definition) is 5. The minimum absolute atomic E-state index is 0.0533. The van der Waals surface area contributed by atoms with Gasteiger partial charge < -0.3 is 24.6 Å². The Labute approximate surface area is 157 Å². The average Bonchev–Trinajstić information content (AvgIpc) is 3.17. The van der Waals surface area contributed by atoms with Crippen LogP contribution in [0, 0.1) is 0 Å². The first-order valence-electron chi connectivity index (χ1n) is 8.98. The fourth-order valence-electron chi connectivity index (χ4n) is 3.09. The second-order valence-electron chi connectivity index (χ2n) is 6.47. The van der Waals surface area contributed by atoms with Gasteiger partial charge in [-0.05, 0) is 24.1 Å². The maximum Gasteiger partial charge on any atom is 0.242 e. The molecule has 0 bridgehead atoms. The minimum atomic E-state index is -0.288. The first-order valence-corrected chi connectivity index (χ1v) is 8.98. The summed E-state index contributed by atoms with van der Waals surface area (Å²) in [7, 11) is 0. The number of anilines is 1. The van der Waals surface area contributed by atoms with Crippen LogP contribution < -0.4 is 5.32 Å². The molecule has 2 N–H and O–H groups in total. The first kappa shape index (κ1) is 19.1. The van der Waals surface area contributed by atoms with E-state index in [4.69, 9.17) is 9.84 Å². The molecule has 0 aliphatic carbocycles. The molecule has 1 aliphatic heterocycles. The third-order valence-electron chi connectivity index (χ3n) is 4.48. The normalized spacial score (nSPS) is 16.9. The van der Waals surface area contributed by atoms with Gasteiger partial charge in [0.05, 0.1) is 25.6 Å². The Hall–Kier alpha value is -2.71. The predicted octanol–water partition coefficient (Wildman–Crippen LogP) is 0.674. The number of rotatable bonds is 7. The molecule has 1 atom stereocenters. The fourth-order valence-corrected chi connectivity index (χ4v) is 3.09. The lowest BCUT2D eigenvalue weighted by atomic mass is 10.1. The number of morpholine rings is 1. The molecule has 2 heterocycles. The van der Waals surface area contributed by atoms with Gasteiger partial charge in [-0.1, -0.05) is 12.1 Å². The fraction of sp³-hybridized carbons (Fsp3) is 0.421. The van der Waals surface area contributed by atoms with Crippen LogP contribution in [0.15, 0.2) is 43.0 Å². The van der Waals surface area contributed by atoms with Gasteiger partial charge in [0.2, 0.25) is 11.8 Å². The van der Waals surface area contributed by atoms with Gasteiger partial charge in [-0.15, -0.1) is 0 Å². The molecule has 1 aliphatic rings. The highest BCUT2D eigenvalue weighted by molar-refractivity contribution is 5.91. The molecule has 1 fully saturated rings. The highest BCUT2D eigenvalue weighted by Crippen LogP contribution is 2.15. The molecule has 1 aromatic carbocycles. The zero-order chi connectivity index (χ0) is 19.1. The summed E-state index contributed by atoms with van der Waals surface area (Å²) in [6.45, 7) is 1.58. The first-order chi connectivity index (χ1) is 13.2. The van der Waals surface area contributed by atoms with Gasteiger partial charge in [-0.2, -0.15) is 0 Å². The maximum absolute atomic E-state index is 12.6. The van der Waals surface area contributed by atoms with E-state index in [0.29, 0.717) is 31.9 Å². The van der Waals surface area contributed by atoms with E-state index in [2.05, 4.69) is 10.3 Å². The molecule has 1 unspecified atom stereocenters.